The Hall–Kier alpha value is -0.542. The summed E-state index contributed by atoms with van der Waals surface area (Å²) in [6, 6.07) is 6.08. The van der Waals surface area contributed by atoms with E-state index < -0.39 is 14.2 Å². The molecular weight excluding hydrogens is 221 g/mol. The van der Waals surface area contributed by atoms with Gasteiger partial charge in [-0.2, -0.15) is 0 Å². The normalized spacial score (nSPS) is 11.6. The van der Waals surface area contributed by atoms with Crippen LogP contribution in [0.3, 0.4) is 0 Å². The van der Waals surface area contributed by atoms with Gasteiger partial charge in [0.15, 0.2) is 0 Å². The molecule has 1 aromatic carbocycles. The number of hydrogen-bond acceptors (Lipinski definition) is 2. The van der Waals surface area contributed by atoms with Crippen LogP contribution in [0.25, 0.3) is 0 Å². The average Bonchev–Trinajstić information content (AvgIpc) is 2.03. The van der Waals surface area contributed by atoms with Crippen LogP contribution in [-0.4, -0.2) is 22.4 Å². The van der Waals surface area contributed by atoms with E-state index in [0.717, 1.165) is 5.56 Å². The molecule has 4 nitrogen and oxygen atoms in total. The van der Waals surface area contributed by atoms with Gasteiger partial charge in [-0.25, -0.2) is 0 Å². The molecule has 0 aliphatic carbocycles. The van der Waals surface area contributed by atoms with Crippen molar-refractivity contribution in [2.24, 2.45) is 5.73 Å². The fourth-order valence-electron chi connectivity index (χ4n) is 0.826. The number of benzene rings is 1. The van der Waals surface area contributed by atoms with Gasteiger partial charge in [-0.3, -0.25) is 0 Å². The second-order valence-electron chi connectivity index (χ2n) is 2.41. The number of rotatable bonds is 2. The van der Waals surface area contributed by atoms with Crippen LogP contribution in [0.1, 0.15) is 5.56 Å². The molecule has 1 aromatic rings. The molecule has 0 aliphatic rings. The Morgan fingerprint density at radius 3 is 2.08 bits per heavy atom. The molecule has 0 saturated carbocycles. The maximum absolute atomic E-state index is 10.8. The molecule has 0 aliphatic heterocycles. The summed E-state index contributed by atoms with van der Waals surface area (Å²) in [4.78, 5) is 0. The van der Waals surface area contributed by atoms with Crippen molar-refractivity contribution in [2.45, 2.75) is 6.54 Å². The van der Waals surface area contributed by atoms with Crippen molar-refractivity contribution in [3.05, 3.63) is 29.8 Å². The molecule has 0 radical (unpaired) electrons. The predicted octanol–water partition coefficient (Wildman–Crippen LogP) is -1.29. The Labute approximate surface area is 73.0 Å². The minimum absolute atomic E-state index is 0.0883. The maximum atomic E-state index is 10.8. The third-order valence-corrected chi connectivity index (χ3v) is 3.55. The molecule has 0 atom stereocenters. The van der Waals surface area contributed by atoms with Crippen LogP contribution in [0.5, 0.6) is 0 Å². The summed E-state index contributed by atoms with van der Waals surface area (Å²) >= 11 is -4.68. The van der Waals surface area contributed by atoms with Gasteiger partial charge in [0.25, 0.3) is 0 Å². The van der Waals surface area contributed by atoms with E-state index in [1.807, 2.05) is 0 Å². The third-order valence-electron chi connectivity index (χ3n) is 1.51. The average molecular weight is 231 g/mol. The number of nitrogens with two attached hydrogens (primary N) is 1. The molecule has 0 aromatic heterocycles. The van der Waals surface area contributed by atoms with Crippen LogP contribution in [0, 0.1) is 0 Å². The zero-order valence-corrected chi connectivity index (χ0v) is 8.22. The van der Waals surface area contributed by atoms with E-state index in [4.69, 9.17) is 13.9 Å². The summed E-state index contributed by atoms with van der Waals surface area (Å²) in [7, 11) is 0. The molecular formula is C7H10AsNO3. The quantitative estimate of drug-likeness (QED) is 0.553. The summed E-state index contributed by atoms with van der Waals surface area (Å²) in [5, 5.41) is 0. The monoisotopic (exact) mass is 231 g/mol. The zero-order valence-electron chi connectivity index (χ0n) is 6.34. The van der Waals surface area contributed by atoms with Crippen molar-refractivity contribution in [2.75, 3.05) is 0 Å². The molecule has 66 valence electrons. The van der Waals surface area contributed by atoms with Crippen molar-refractivity contribution < 1.29 is 11.9 Å². The van der Waals surface area contributed by atoms with Gasteiger partial charge in [0.05, 0.1) is 0 Å². The van der Waals surface area contributed by atoms with Crippen LogP contribution in [0.15, 0.2) is 24.3 Å². The Morgan fingerprint density at radius 2 is 1.75 bits per heavy atom. The standard InChI is InChI=1S/C7H10AsNO3/c9-5-6-1-3-7(4-2-6)8(10,11)12/h1-4H,5,9H2,(H2,10,11,12). The second-order valence-corrected chi connectivity index (χ2v) is 5.78. The molecule has 0 unspecified atom stereocenters. The van der Waals surface area contributed by atoms with E-state index in [9.17, 15) is 3.74 Å². The van der Waals surface area contributed by atoms with Gasteiger partial charge in [0.2, 0.25) is 0 Å². The summed E-state index contributed by atoms with van der Waals surface area (Å²) in [5.41, 5.74) is 6.18. The zero-order chi connectivity index (χ0) is 9.19. The van der Waals surface area contributed by atoms with Gasteiger partial charge in [-0.1, -0.05) is 0 Å². The first kappa shape index (κ1) is 9.55. The minimum atomic E-state index is -4.68. The summed E-state index contributed by atoms with van der Waals surface area (Å²) in [6.45, 7) is 0.383. The van der Waals surface area contributed by atoms with E-state index in [1.165, 1.54) is 12.1 Å². The number of hydrogen-bond donors (Lipinski definition) is 3. The molecule has 0 heterocycles. The summed E-state index contributed by atoms with van der Waals surface area (Å²) in [6.07, 6.45) is 0. The molecule has 0 fully saturated rings. The Balaban J connectivity index is 3.01. The first-order valence-corrected chi connectivity index (χ1v) is 6.77. The van der Waals surface area contributed by atoms with E-state index in [2.05, 4.69) is 0 Å². The van der Waals surface area contributed by atoms with E-state index in [0.29, 0.717) is 6.54 Å². The molecule has 0 amide bonds. The van der Waals surface area contributed by atoms with E-state index in [-0.39, 0.29) is 4.35 Å². The van der Waals surface area contributed by atoms with Gasteiger partial charge in [-0.05, 0) is 0 Å². The topological polar surface area (TPSA) is 83.6 Å². The molecule has 1 rings (SSSR count). The van der Waals surface area contributed by atoms with Crippen molar-refractivity contribution in [1.29, 1.82) is 0 Å². The van der Waals surface area contributed by atoms with E-state index >= 15 is 0 Å². The van der Waals surface area contributed by atoms with Crippen molar-refractivity contribution in [1.82, 2.24) is 0 Å². The molecule has 0 saturated heterocycles. The van der Waals surface area contributed by atoms with Gasteiger partial charge in [0.1, 0.15) is 0 Å². The summed E-state index contributed by atoms with van der Waals surface area (Å²) in [5.74, 6) is 0. The van der Waals surface area contributed by atoms with Gasteiger partial charge in [-0.15, -0.1) is 0 Å². The van der Waals surface area contributed by atoms with Crippen LogP contribution < -0.4 is 10.1 Å². The van der Waals surface area contributed by atoms with Gasteiger partial charge < -0.3 is 0 Å². The molecule has 12 heavy (non-hydrogen) atoms. The van der Waals surface area contributed by atoms with Crippen LogP contribution >= 0.6 is 0 Å². The molecule has 0 spiro atoms. The van der Waals surface area contributed by atoms with Crippen molar-refractivity contribution in [3.8, 4) is 0 Å². The Bertz CT molecular complexity index is 303. The first-order valence-electron chi connectivity index (χ1n) is 3.39. The van der Waals surface area contributed by atoms with Crippen LogP contribution in [0.4, 0.5) is 0 Å². The van der Waals surface area contributed by atoms with E-state index in [1.54, 1.807) is 12.1 Å². The Kier molecular flexibility index (Phi) is 2.75. The molecule has 5 heteroatoms. The van der Waals surface area contributed by atoms with Crippen molar-refractivity contribution >= 4 is 18.5 Å². The van der Waals surface area contributed by atoms with Gasteiger partial charge in [0, 0.05) is 0 Å². The van der Waals surface area contributed by atoms with Crippen LogP contribution in [0.2, 0.25) is 0 Å². The first-order chi connectivity index (χ1) is 5.54. The molecule has 0 bridgehead atoms. The third kappa shape index (κ3) is 2.22. The summed E-state index contributed by atoms with van der Waals surface area (Å²) < 4.78 is 28.4. The SMILES string of the molecule is NCc1ccc([As](=O)(O)O)cc1. The Morgan fingerprint density at radius 1 is 1.25 bits per heavy atom. The fraction of sp³-hybridized carbons (Fsp3) is 0.143. The van der Waals surface area contributed by atoms with Crippen LogP contribution in [-0.2, 0) is 10.3 Å². The molecule has 4 N–H and O–H groups in total. The predicted molar refractivity (Wildman–Crippen MR) is 44.8 cm³/mol. The second kappa shape index (κ2) is 3.45. The van der Waals surface area contributed by atoms with Gasteiger partial charge >= 0.3 is 72.6 Å². The van der Waals surface area contributed by atoms with Crippen molar-refractivity contribution in [3.63, 3.8) is 0 Å². The fourth-order valence-corrected chi connectivity index (χ4v) is 1.95.